The van der Waals surface area contributed by atoms with Crippen molar-refractivity contribution >= 4 is 17.8 Å². The molecule has 2 atom stereocenters. The fraction of sp³-hybridized carbons (Fsp3) is 0.375. The number of aliphatic hydroxyl groups is 1. The Kier molecular flexibility index (Phi) is 7.29. The molecule has 5 heterocycles. The summed E-state index contributed by atoms with van der Waals surface area (Å²) in [6.07, 6.45) is 6.69. The van der Waals surface area contributed by atoms with E-state index in [2.05, 4.69) is 20.3 Å². The number of furan rings is 1. The van der Waals surface area contributed by atoms with Gasteiger partial charge in [-0.15, -0.1) is 0 Å². The van der Waals surface area contributed by atoms with Gasteiger partial charge in [-0.3, -0.25) is 10.1 Å². The van der Waals surface area contributed by atoms with Gasteiger partial charge in [0.1, 0.15) is 19.2 Å². The van der Waals surface area contributed by atoms with Crippen molar-refractivity contribution in [3.63, 3.8) is 0 Å². The van der Waals surface area contributed by atoms with Crippen LogP contribution in [0, 0.1) is 5.92 Å². The number of carbonyl (C=O) groups is 2. The Labute approximate surface area is 212 Å². The average molecular weight is 544 g/mol. The molecule has 184 valence electrons. The zero-order chi connectivity index (χ0) is 23.6. The first-order valence-corrected chi connectivity index (χ1v) is 11.3. The van der Waals surface area contributed by atoms with Crippen LogP contribution < -0.4 is 22.3 Å². The average Bonchev–Trinajstić information content (AvgIpc) is 3.40. The number of halogens is 1. The molecule has 3 saturated heterocycles. The van der Waals surface area contributed by atoms with Crippen LogP contribution in [0.5, 0.6) is 0 Å². The summed E-state index contributed by atoms with van der Waals surface area (Å²) in [5, 5.41) is 14.3. The van der Waals surface area contributed by atoms with Gasteiger partial charge in [0, 0.05) is 24.3 Å². The molecule has 0 saturated carbocycles. The number of esters is 1. The third-order valence-corrected chi connectivity index (χ3v) is 6.95. The number of benzene rings is 1. The fourth-order valence-corrected chi connectivity index (χ4v) is 5.12. The van der Waals surface area contributed by atoms with Crippen molar-refractivity contribution in [1.82, 2.24) is 15.0 Å². The number of nitrogens with one attached hydrogen (secondary N) is 1. The van der Waals surface area contributed by atoms with Crippen LogP contribution in [-0.4, -0.2) is 68.7 Å². The molecule has 3 aliphatic heterocycles. The molecule has 0 spiro atoms. The highest BCUT2D eigenvalue weighted by molar-refractivity contribution is 5.89. The van der Waals surface area contributed by atoms with Gasteiger partial charge in [-0.05, 0) is 11.6 Å². The number of fused-ring (bicyclic) bond motifs is 3. The Morgan fingerprint density at radius 1 is 1.11 bits per heavy atom. The number of quaternary nitrogens is 1. The fourth-order valence-electron chi connectivity index (χ4n) is 5.12. The standard InChI is InChI=1S/C24H25N5O5.BrH/c30-21(28-23-26-15-25-16-27-23)13-29-9-6-17(7-10-29)20(12-29)34-22(31)24(32,19-8-11-33-14-19)18-4-2-1-3-5-18;/h1-5,8,11,14-17,20,32H,6-7,9-10,12-13H2;1H/t17?,20-,24?,29?;/m0./s1. The van der Waals surface area contributed by atoms with Crippen LogP contribution in [0.2, 0.25) is 0 Å². The summed E-state index contributed by atoms with van der Waals surface area (Å²) in [6, 6.07) is 10.3. The number of carbonyl (C=O) groups excluding carboxylic acids is 2. The molecule has 6 rings (SSSR count). The van der Waals surface area contributed by atoms with Crippen molar-refractivity contribution in [2.24, 2.45) is 5.92 Å². The Bertz CT molecular complexity index is 1140. The van der Waals surface area contributed by atoms with E-state index in [0.717, 1.165) is 25.9 Å². The minimum atomic E-state index is -1.98. The van der Waals surface area contributed by atoms with Gasteiger partial charge in [0.25, 0.3) is 5.91 Å². The molecule has 2 bridgehead atoms. The van der Waals surface area contributed by atoms with Gasteiger partial charge in [-0.2, -0.15) is 0 Å². The summed E-state index contributed by atoms with van der Waals surface area (Å²) in [5.41, 5.74) is -1.27. The number of ether oxygens (including phenoxy) is 1. The predicted molar refractivity (Wildman–Crippen MR) is 119 cm³/mol. The first kappa shape index (κ1) is 25.0. The molecular weight excluding hydrogens is 518 g/mol. The minimum Gasteiger partial charge on any atom is -1.00 e. The highest BCUT2D eigenvalue weighted by atomic mass is 79.9. The summed E-state index contributed by atoms with van der Waals surface area (Å²) in [4.78, 5) is 37.8. The minimum absolute atomic E-state index is 0. The number of anilines is 1. The number of hydrogen-bond donors (Lipinski definition) is 2. The Balaban J connectivity index is 0.00000289. The molecule has 2 aromatic heterocycles. The quantitative estimate of drug-likeness (QED) is 0.272. The second kappa shape index (κ2) is 10.2. The van der Waals surface area contributed by atoms with Gasteiger partial charge in [-0.25, -0.2) is 19.7 Å². The molecular formula is C24H26BrN5O5. The van der Waals surface area contributed by atoms with E-state index in [9.17, 15) is 14.7 Å². The highest BCUT2D eigenvalue weighted by Crippen LogP contribution is 2.38. The molecule has 0 radical (unpaired) electrons. The lowest BCUT2D eigenvalue weighted by molar-refractivity contribution is -0.939. The smallest absolute Gasteiger partial charge is 0.348 e. The van der Waals surface area contributed by atoms with Gasteiger partial charge < -0.3 is 35.7 Å². The van der Waals surface area contributed by atoms with Gasteiger partial charge in [0.2, 0.25) is 11.5 Å². The molecule has 2 N–H and O–H groups in total. The number of rotatable bonds is 7. The molecule has 3 fully saturated rings. The first-order valence-electron chi connectivity index (χ1n) is 11.3. The van der Waals surface area contributed by atoms with Crippen LogP contribution in [0.1, 0.15) is 24.0 Å². The zero-order valence-electron chi connectivity index (χ0n) is 18.9. The van der Waals surface area contributed by atoms with Gasteiger partial charge in [0.05, 0.1) is 25.6 Å². The van der Waals surface area contributed by atoms with Crippen molar-refractivity contribution < 1.29 is 45.3 Å². The van der Waals surface area contributed by atoms with Crippen molar-refractivity contribution in [1.29, 1.82) is 0 Å². The predicted octanol–water partition coefficient (Wildman–Crippen LogP) is -1.50. The zero-order valence-corrected chi connectivity index (χ0v) is 20.5. The van der Waals surface area contributed by atoms with Gasteiger partial charge in [0.15, 0.2) is 12.6 Å². The molecule has 1 aromatic carbocycles. The van der Waals surface area contributed by atoms with E-state index in [0.29, 0.717) is 22.2 Å². The number of nitrogens with zero attached hydrogens (tertiary/aromatic N) is 4. The molecule has 1 unspecified atom stereocenters. The van der Waals surface area contributed by atoms with Gasteiger partial charge in [-0.1, -0.05) is 30.3 Å². The third-order valence-electron chi connectivity index (χ3n) is 6.95. The molecule has 10 nitrogen and oxygen atoms in total. The Hall–Kier alpha value is -3.15. The second-order valence-corrected chi connectivity index (χ2v) is 9.01. The summed E-state index contributed by atoms with van der Waals surface area (Å²) in [6.45, 7) is 2.40. The van der Waals surface area contributed by atoms with E-state index < -0.39 is 17.7 Å². The topological polar surface area (TPSA) is 127 Å². The molecule has 3 aliphatic rings. The number of amides is 1. The van der Waals surface area contributed by atoms with Gasteiger partial charge >= 0.3 is 5.97 Å². The maximum Gasteiger partial charge on any atom is 0.348 e. The molecule has 3 aromatic rings. The summed E-state index contributed by atoms with van der Waals surface area (Å²) in [7, 11) is 0. The van der Waals surface area contributed by atoms with Crippen molar-refractivity contribution in [3.8, 4) is 0 Å². The molecule has 1 amide bonds. The van der Waals surface area contributed by atoms with E-state index in [4.69, 9.17) is 9.15 Å². The van der Waals surface area contributed by atoms with E-state index in [1.807, 2.05) is 6.07 Å². The normalized spacial score (nSPS) is 24.6. The Morgan fingerprint density at radius 2 is 1.83 bits per heavy atom. The van der Waals surface area contributed by atoms with E-state index in [1.54, 1.807) is 30.3 Å². The van der Waals surface area contributed by atoms with Crippen LogP contribution in [0.25, 0.3) is 0 Å². The van der Waals surface area contributed by atoms with Crippen LogP contribution >= 0.6 is 0 Å². The van der Waals surface area contributed by atoms with E-state index in [-0.39, 0.29) is 41.3 Å². The molecule has 11 heteroatoms. The number of aromatic nitrogens is 3. The summed E-state index contributed by atoms with van der Waals surface area (Å²) < 4.78 is 11.6. The second-order valence-electron chi connectivity index (χ2n) is 9.01. The van der Waals surface area contributed by atoms with Crippen LogP contribution in [0.3, 0.4) is 0 Å². The van der Waals surface area contributed by atoms with Crippen LogP contribution in [0.15, 0.2) is 66.0 Å². The summed E-state index contributed by atoms with van der Waals surface area (Å²) in [5.74, 6) is -0.538. The maximum atomic E-state index is 13.5. The van der Waals surface area contributed by atoms with Crippen molar-refractivity contribution in [3.05, 3.63) is 72.7 Å². The maximum absolute atomic E-state index is 13.5. The van der Waals surface area contributed by atoms with Crippen molar-refractivity contribution in [2.75, 3.05) is 31.5 Å². The summed E-state index contributed by atoms with van der Waals surface area (Å²) >= 11 is 0. The number of piperidine rings is 3. The lowest BCUT2D eigenvalue weighted by atomic mass is 9.82. The lowest BCUT2D eigenvalue weighted by Crippen LogP contribution is -3.00. The first-order chi connectivity index (χ1) is 16.5. The van der Waals surface area contributed by atoms with Crippen LogP contribution in [0.4, 0.5) is 5.95 Å². The lowest BCUT2D eigenvalue weighted by Gasteiger charge is -2.51. The number of hydrogen-bond acceptors (Lipinski definition) is 8. The monoisotopic (exact) mass is 543 g/mol. The molecule has 0 aliphatic carbocycles. The van der Waals surface area contributed by atoms with Crippen molar-refractivity contribution in [2.45, 2.75) is 24.5 Å². The SMILES string of the molecule is O=C(C[N+]12CCC(CC1)[C@@H](OC(=O)C(O)(c1ccccc1)c1ccoc1)C2)Nc1ncncn1.[Br-]. The molecule has 35 heavy (non-hydrogen) atoms. The highest BCUT2D eigenvalue weighted by Gasteiger charge is 2.51. The largest absolute Gasteiger partial charge is 1.00 e. The van der Waals surface area contributed by atoms with E-state index in [1.165, 1.54) is 25.2 Å². The Morgan fingerprint density at radius 3 is 2.49 bits per heavy atom. The van der Waals surface area contributed by atoms with Crippen LogP contribution in [-0.2, 0) is 19.9 Å². The van der Waals surface area contributed by atoms with E-state index >= 15 is 0 Å². The third kappa shape index (κ3) is 4.97.